The van der Waals surface area contributed by atoms with Crippen LogP contribution in [0.1, 0.15) is 22.9 Å². The van der Waals surface area contributed by atoms with E-state index in [0.29, 0.717) is 11.1 Å². The Labute approximate surface area is 142 Å². The van der Waals surface area contributed by atoms with Crippen LogP contribution in [-0.4, -0.2) is 28.8 Å². The fraction of sp³-hybridized carbons (Fsp3) is 0.294. The number of aromatic amines is 1. The molecule has 3 N–H and O–H groups in total. The van der Waals surface area contributed by atoms with Crippen LogP contribution in [0, 0.1) is 6.92 Å². The maximum absolute atomic E-state index is 13.3. The van der Waals surface area contributed by atoms with Crippen LogP contribution in [0.4, 0.5) is 13.2 Å². The molecule has 2 aromatic heterocycles. The van der Waals surface area contributed by atoms with Crippen molar-refractivity contribution in [1.29, 1.82) is 0 Å². The first-order chi connectivity index (χ1) is 11.8. The molecule has 1 atom stereocenters. The van der Waals surface area contributed by atoms with Gasteiger partial charge in [0, 0.05) is 19.9 Å². The monoisotopic (exact) mass is 350 g/mol. The van der Waals surface area contributed by atoms with Crippen LogP contribution in [-0.2, 0) is 10.9 Å². The molecule has 1 aromatic carbocycles. The summed E-state index contributed by atoms with van der Waals surface area (Å²) in [4.78, 5) is 3.95. The zero-order chi connectivity index (χ0) is 18.2. The lowest BCUT2D eigenvalue weighted by molar-refractivity contribution is -0.139. The van der Waals surface area contributed by atoms with Crippen LogP contribution in [0.25, 0.3) is 22.2 Å². The zero-order valence-electron chi connectivity index (χ0n) is 13.7. The predicted molar refractivity (Wildman–Crippen MR) is 87.9 cm³/mol. The number of ether oxygens (including phenoxy) is 1. The number of hydrogen-bond donors (Lipinski definition) is 2. The van der Waals surface area contributed by atoms with Crippen LogP contribution in [0.5, 0.6) is 0 Å². The minimum Gasteiger partial charge on any atom is -0.375 e. The Hall–Kier alpha value is -2.45. The summed E-state index contributed by atoms with van der Waals surface area (Å²) in [5.74, 6) is 0. The second-order valence-electron chi connectivity index (χ2n) is 5.74. The molecule has 3 aromatic rings. The molecular formula is C17H17F3N4O. The summed E-state index contributed by atoms with van der Waals surface area (Å²) in [6.07, 6.45) is -3.45. The van der Waals surface area contributed by atoms with Crippen LogP contribution >= 0.6 is 0 Å². The van der Waals surface area contributed by atoms with Gasteiger partial charge in [-0.2, -0.15) is 18.3 Å². The standard InChI is InChI=1S/C17H17F3N4O/c1-9-5-10(7-11(6-9)13(8-21)25-2)12-3-4-22-16-14(12)15(23-24-16)17(18,19)20/h3-7,13H,8,21H2,1-2H3,(H,22,23,24). The Bertz CT molecular complexity index is 901. The second kappa shape index (κ2) is 6.45. The SMILES string of the molecule is COC(CN)c1cc(C)cc(-c2ccnc3[nH]nc(C(F)(F)F)c23)c1. The van der Waals surface area contributed by atoms with E-state index in [4.69, 9.17) is 10.5 Å². The number of benzene rings is 1. The molecule has 0 saturated heterocycles. The van der Waals surface area contributed by atoms with E-state index in [1.54, 1.807) is 19.2 Å². The van der Waals surface area contributed by atoms with Gasteiger partial charge in [0.05, 0.1) is 11.5 Å². The Balaban J connectivity index is 2.25. The van der Waals surface area contributed by atoms with Crippen molar-refractivity contribution < 1.29 is 17.9 Å². The fourth-order valence-electron chi connectivity index (χ4n) is 2.92. The average molecular weight is 350 g/mol. The smallest absolute Gasteiger partial charge is 0.375 e. The molecule has 2 heterocycles. The van der Waals surface area contributed by atoms with Crippen molar-refractivity contribution in [1.82, 2.24) is 15.2 Å². The summed E-state index contributed by atoms with van der Waals surface area (Å²) in [5.41, 5.74) is 7.56. The zero-order valence-corrected chi connectivity index (χ0v) is 13.7. The summed E-state index contributed by atoms with van der Waals surface area (Å²) in [6.45, 7) is 2.14. The Morgan fingerprint density at radius 3 is 2.68 bits per heavy atom. The Morgan fingerprint density at radius 1 is 1.28 bits per heavy atom. The number of aromatic nitrogens is 3. The molecule has 0 spiro atoms. The molecule has 8 heteroatoms. The number of nitrogens with one attached hydrogen (secondary N) is 1. The largest absolute Gasteiger partial charge is 0.435 e. The lowest BCUT2D eigenvalue weighted by Crippen LogP contribution is -2.14. The molecular weight excluding hydrogens is 333 g/mol. The molecule has 0 amide bonds. The molecule has 0 bridgehead atoms. The van der Waals surface area contributed by atoms with Gasteiger partial charge in [-0.05, 0) is 35.7 Å². The average Bonchev–Trinajstić information content (AvgIpc) is 2.99. The fourth-order valence-corrected chi connectivity index (χ4v) is 2.92. The normalized spacial score (nSPS) is 13.4. The highest BCUT2D eigenvalue weighted by atomic mass is 19.4. The molecule has 0 aliphatic heterocycles. The third-order valence-corrected chi connectivity index (χ3v) is 4.01. The van der Waals surface area contributed by atoms with Crippen LogP contribution in [0.3, 0.4) is 0 Å². The van der Waals surface area contributed by atoms with E-state index in [0.717, 1.165) is 11.1 Å². The number of halogens is 3. The van der Waals surface area contributed by atoms with Gasteiger partial charge >= 0.3 is 6.18 Å². The molecule has 0 saturated carbocycles. The number of H-pyrrole nitrogens is 1. The maximum atomic E-state index is 13.3. The molecule has 0 aliphatic rings. The van der Waals surface area contributed by atoms with Gasteiger partial charge in [-0.15, -0.1) is 0 Å². The van der Waals surface area contributed by atoms with Crippen molar-refractivity contribution in [3.8, 4) is 11.1 Å². The van der Waals surface area contributed by atoms with Gasteiger partial charge in [0.25, 0.3) is 0 Å². The first-order valence-corrected chi connectivity index (χ1v) is 7.60. The maximum Gasteiger partial charge on any atom is 0.435 e. The minimum absolute atomic E-state index is 0.0479. The van der Waals surface area contributed by atoms with Crippen molar-refractivity contribution in [2.24, 2.45) is 5.73 Å². The van der Waals surface area contributed by atoms with Crippen molar-refractivity contribution in [2.45, 2.75) is 19.2 Å². The Kier molecular flexibility index (Phi) is 4.49. The number of rotatable bonds is 4. The van der Waals surface area contributed by atoms with E-state index in [-0.39, 0.29) is 23.7 Å². The van der Waals surface area contributed by atoms with Gasteiger partial charge in [-0.25, -0.2) is 4.98 Å². The number of fused-ring (bicyclic) bond motifs is 1. The van der Waals surface area contributed by atoms with Crippen LogP contribution < -0.4 is 5.73 Å². The van der Waals surface area contributed by atoms with Gasteiger partial charge in [-0.1, -0.05) is 17.7 Å². The summed E-state index contributed by atoms with van der Waals surface area (Å²) in [5, 5.41) is 5.71. The lowest BCUT2D eigenvalue weighted by Gasteiger charge is -2.16. The lowest BCUT2D eigenvalue weighted by atomic mass is 9.96. The highest BCUT2D eigenvalue weighted by molar-refractivity contribution is 5.95. The van der Waals surface area contributed by atoms with Crippen LogP contribution in [0.2, 0.25) is 0 Å². The molecule has 3 rings (SSSR count). The summed E-state index contributed by atoms with van der Waals surface area (Å²) < 4.78 is 45.2. The third-order valence-electron chi connectivity index (χ3n) is 4.01. The number of hydrogen-bond acceptors (Lipinski definition) is 4. The topological polar surface area (TPSA) is 76.8 Å². The van der Waals surface area contributed by atoms with Crippen molar-refractivity contribution in [3.05, 3.63) is 47.3 Å². The van der Waals surface area contributed by atoms with Crippen LogP contribution in [0.15, 0.2) is 30.5 Å². The third kappa shape index (κ3) is 3.22. The highest BCUT2D eigenvalue weighted by Crippen LogP contribution is 2.38. The molecule has 25 heavy (non-hydrogen) atoms. The number of aryl methyl sites for hydroxylation is 1. The van der Waals surface area contributed by atoms with Gasteiger partial charge < -0.3 is 10.5 Å². The van der Waals surface area contributed by atoms with Gasteiger partial charge in [0.2, 0.25) is 0 Å². The quantitative estimate of drug-likeness (QED) is 0.754. The number of pyridine rings is 1. The second-order valence-corrected chi connectivity index (χ2v) is 5.74. The summed E-state index contributed by atoms with van der Waals surface area (Å²) >= 11 is 0. The minimum atomic E-state index is -4.57. The molecule has 1 unspecified atom stereocenters. The molecule has 0 radical (unpaired) electrons. The summed E-state index contributed by atoms with van der Waals surface area (Å²) in [7, 11) is 1.54. The van der Waals surface area contributed by atoms with E-state index in [1.165, 1.54) is 6.20 Å². The summed E-state index contributed by atoms with van der Waals surface area (Å²) in [6, 6.07) is 7.06. The molecule has 132 valence electrons. The van der Waals surface area contributed by atoms with Crippen molar-refractivity contribution in [3.63, 3.8) is 0 Å². The number of nitrogens with zero attached hydrogens (tertiary/aromatic N) is 2. The van der Waals surface area contributed by atoms with Crippen molar-refractivity contribution >= 4 is 11.0 Å². The van der Waals surface area contributed by atoms with E-state index < -0.39 is 11.9 Å². The number of alkyl halides is 3. The van der Waals surface area contributed by atoms with E-state index in [2.05, 4.69) is 15.2 Å². The molecule has 0 aliphatic carbocycles. The van der Waals surface area contributed by atoms with Gasteiger partial charge in [0.15, 0.2) is 11.3 Å². The Morgan fingerprint density at radius 2 is 2.04 bits per heavy atom. The molecule has 5 nitrogen and oxygen atoms in total. The van der Waals surface area contributed by atoms with E-state index in [9.17, 15) is 13.2 Å². The first-order valence-electron chi connectivity index (χ1n) is 7.60. The predicted octanol–water partition coefficient (Wildman–Crippen LogP) is 3.60. The van der Waals surface area contributed by atoms with Gasteiger partial charge in [0.1, 0.15) is 0 Å². The van der Waals surface area contributed by atoms with Crippen molar-refractivity contribution in [2.75, 3.05) is 13.7 Å². The molecule has 0 fully saturated rings. The number of methoxy groups -OCH3 is 1. The van der Waals surface area contributed by atoms with E-state index in [1.807, 2.05) is 19.1 Å². The number of nitrogens with two attached hydrogens (primary N) is 1. The highest BCUT2D eigenvalue weighted by Gasteiger charge is 2.37. The first kappa shape index (κ1) is 17.4. The van der Waals surface area contributed by atoms with Gasteiger partial charge in [-0.3, -0.25) is 5.10 Å². The van der Waals surface area contributed by atoms with E-state index >= 15 is 0 Å².